The molecule has 2 aromatic carbocycles. The van der Waals surface area contributed by atoms with Crippen LogP contribution in [0, 0.1) is 12.7 Å². The standard InChI is InChI=1S/C30H35ClFN3O2/c1-21-26(28(34-37-21)27-24(31)11-8-12-25(27)32)29(36)33-17-6-2-3-7-18-35-19-15-30(16-20-35)14-13-22-9-4-5-10-23(22)30/h4-5,8-12H,2-3,6-7,13-20H2,1H3,(H,33,36). The molecule has 2 heterocycles. The van der Waals surface area contributed by atoms with Crippen molar-refractivity contribution in [3.63, 3.8) is 0 Å². The van der Waals surface area contributed by atoms with Gasteiger partial charge in [0, 0.05) is 6.54 Å². The fourth-order valence-corrected chi connectivity index (χ4v) is 6.38. The number of fused-ring (bicyclic) bond motifs is 2. The van der Waals surface area contributed by atoms with Crippen LogP contribution in [0.3, 0.4) is 0 Å². The zero-order valence-corrected chi connectivity index (χ0v) is 22.2. The molecule has 37 heavy (non-hydrogen) atoms. The van der Waals surface area contributed by atoms with Gasteiger partial charge in [0.15, 0.2) is 0 Å². The summed E-state index contributed by atoms with van der Waals surface area (Å²) in [5, 5.41) is 7.04. The summed E-state index contributed by atoms with van der Waals surface area (Å²) in [6, 6.07) is 13.4. The van der Waals surface area contributed by atoms with Gasteiger partial charge in [-0.2, -0.15) is 0 Å². The highest BCUT2D eigenvalue weighted by molar-refractivity contribution is 6.33. The Morgan fingerprint density at radius 1 is 1.08 bits per heavy atom. The molecule has 5 rings (SSSR count). The van der Waals surface area contributed by atoms with Crippen molar-refractivity contribution in [2.75, 3.05) is 26.2 Å². The van der Waals surface area contributed by atoms with E-state index in [9.17, 15) is 9.18 Å². The first-order chi connectivity index (χ1) is 18.0. The van der Waals surface area contributed by atoms with Gasteiger partial charge >= 0.3 is 0 Å². The number of amides is 1. The van der Waals surface area contributed by atoms with Gasteiger partial charge in [0.1, 0.15) is 22.8 Å². The Bertz CT molecular complexity index is 1230. The maximum Gasteiger partial charge on any atom is 0.257 e. The third-order valence-corrected chi connectivity index (χ3v) is 8.57. The van der Waals surface area contributed by atoms with Crippen molar-refractivity contribution in [1.29, 1.82) is 0 Å². The minimum Gasteiger partial charge on any atom is -0.360 e. The van der Waals surface area contributed by atoms with Gasteiger partial charge in [-0.05, 0) is 93.8 Å². The zero-order chi connectivity index (χ0) is 25.8. The summed E-state index contributed by atoms with van der Waals surface area (Å²) in [6.45, 7) is 5.73. The summed E-state index contributed by atoms with van der Waals surface area (Å²) >= 11 is 6.18. The zero-order valence-electron chi connectivity index (χ0n) is 21.5. The molecule has 0 bridgehead atoms. The van der Waals surface area contributed by atoms with Crippen LogP contribution in [0.4, 0.5) is 4.39 Å². The predicted octanol–water partition coefficient (Wildman–Crippen LogP) is 6.71. The Morgan fingerprint density at radius 2 is 1.86 bits per heavy atom. The van der Waals surface area contributed by atoms with Gasteiger partial charge in [-0.15, -0.1) is 0 Å². The van der Waals surface area contributed by atoms with Gasteiger partial charge in [-0.3, -0.25) is 4.79 Å². The van der Waals surface area contributed by atoms with E-state index in [0.717, 1.165) is 25.8 Å². The molecule has 0 saturated carbocycles. The Hall–Kier alpha value is -2.70. The Morgan fingerprint density at radius 3 is 2.68 bits per heavy atom. The lowest BCUT2D eigenvalue weighted by Gasteiger charge is -2.40. The topological polar surface area (TPSA) is 58.4 Å². The fourth-order valence-electron chi connectivity index (χ4n) is 6.13. The van der Waals surface area contributed by atoms with Crippen molar-refractivity contribution in [2.45, 2.75) is 63.7 Å². The highest BCUT2D eigenvalue weighted by atomic mass is 35.5. The lowest BCUT2D eigenvalue weighted by Crippen LogP contribution is -2.41. The summed E-state index contributed by atoms with van der Waals surface area (Å²) in [6.07, 6.45) is 9.38. The normalized spacial score (nSPS) is 16.7. The monoisotopic (exact) mass is 523 g/mol. The van der Waals surface area contributed by atoms with Crippen LogP contribution in [0.25, 0.3) is 11.3 Å². The first-order valence-corrected chi connectivity index (χ1v) is 13.9. The second kappa shape index (κ2) is 11.4. The van der Waals surface area contributed by atoms with Gasteiger partial charge in [-0.1, -0.05) is 59.9 Å². The number of piperidine rings is 1. The summed E-state index contributed by atoms with van der Waals surface area (Å²) in [5.41, 5.74) is 4.07. The summed E-state index contributed by atoms with van der Waals surface area (Å²) in [5.74, 6) is -0.508. The molecule has 0 unspecified atom stereocenters. The van der Waals surface area contributed by atoms with E-state index in [2.05, 4.69) is 39.6 Å². The predicted molar refractivity (Wildman–Crippen MR) is 145 cm³/mol. The lowest BCUT2D eigenvalue weighted by molar-refractivity contribution is 0.0952. The molecule has 1 spiro atoms. The molecule has 1 N–H and O–H groups in total. The van der Waals surface area contributed by atoms with E-state index in [1.165, 1.54) is 57.3 Å². The molecule has 196 valence electrons. The maximum absolute atomic E-state index is 14.4. The highest BCUT2D eigenvalue weighted by Gasteiger charge is 2.40. The van der Waals surface area contributed by atoms with E-state index in [4.69, 9.17) is 16.1 Å². The lowest BCUT2D eigenvalue weighted by atomic mass is 9.74. The van der Waals surface area contributed by atoms with E-state index < -0.39 is 5.82 Å². The summed E-state index contributed by atoms with van der Waals surface area (Å²) < 4.78 is 19.6. The molecule has 7 heteroatoms. The van der Waals surface area contributed by atoms with Crippen molar-refractivity contribution >= 4 is 17.5 Å². The molecule has 3 aromatic rings. The van der Waals surface area contributed by atoms with Crippen LogP contribution in [0.1, 0.15) is 72.2 Å². The molecular formula is C30H35ClFN3O2. The molecule has 2 aliphatic rings. The molecule has 5 nitrogen and oxygen atoms in total. The smallest absolute Gasteiger partial charge is 0.257 e. The van der Waals surface area contributed by atoms with E-state index in [1.54, 1.807) is 24.1 Å². The first-order valence-electron chi connectivity index (χ1n) is 13.5. The molecular weight excluding hydrogens is 489 g/mol. The van der Waals surface area contributed by atoms with Gasteiger partial charge in [0.2, 0.25) is 0 Å². The Balaban J connectivity index is 1.02. The van der Waals surface area contributed by atoms with Crippen molar-refractivity contribution in [2.24, 2.45) is 0 Å². The number of nitrogens with zero attached hydrogens (tertiary/aromatic N) is 2. The number of aryl methyl sites for hydroxylation is 2. The first kappa shape index (κ1) is 25.9. The molecule has 1 aliphatic carbocycles. The van der Waals surface area contributed by atoms with Gasteiger partial charge < -0.3 is 14.7 Å². The van der Waals surface area contributed by atoms with Crippen LogP contribution in [-0.2, 0) is 11.8 Å². The number of unbranched alkanes of at least 4 members (excludes halogenated alkanes) is 3. The highest BCUT2D eigenvalue weighted by Crippen LogP contribution is 2.46. The van der Waals surface area contributed by atoms with E-state index in [-0.39, 0.29) is 27.8 Å². The number of halogens is 2. The van der Waals surface area contributed by atoms with Gasteiger partial charge in [0.25, 0.3) is 5.91 Å². The third kappa shape index (κ3) is 5.46. The van der Waals surface area contributed by atoms with Crippen LogP contribution in [0.15, 0.2) is 47.0 Å². The van der Waals surface area contributed by atoms with Crippen LogP contribution in [0.2, 0.25) is 5.02 Å². The van der Waals surface area contributed by atoms with Crippen LogP contribution < -0.4 is 5.32 Å². The Labute approximate surface area is 223 Å². The fraction of sp³-hybridized carbons (Fsp3) is 0.467. The number of nitrogens with one attached hydrogen (secondary N) is 1. The number of likely N-dealkylation sites (tertiary alicyclic amines) is 1. The van der Waals surface area contributed by atoms with Gasteiger partial charge in [0.05, 0.1) is 10.6 Å². The second-order valence-corrected chi connectivity index (χ2v) is 10.9. The number of rotatable bonds is 9. The minimum atomic E-state index is -0.535. The number of carbonyl (C=O) groups is 1. The Kier molecular flexibility index (Phi) is 7.96. The van der Waals surface area contributed by atoms with E-state index in [0.29, 0.717) is 17.7 Å². The molecule has 1 aliphatic heterocycles. The van der Waals surface area contributed by atoms with Crippen LogP contribution in [0.5, 0.6) is 0 Å². The third-order valence-electron chi connectivity index (χ3n) is 8.25. The average Bonchev–Trinajstić information content (AvgIpc) is 3.45. The summed E-state index contributed by atoms with van der Waals surface area (Å²) in [7, 11) is 0. The molecule has 1 aromatic heterocycles. The number of aromatic nitrogens is 1. The van der Waals surface area contributed by atoms with Gasteiger partial charge in [-0.25, -0.2) is 4.39 Å². The number of hydrogen-bond acceptors (Lipinski definition) is 4. The number of carbonyl (C=O) groups excluding carboxylic acids is 1. The van der Waals surface area contributed by atoms with Crippen LogP contribution >= 0.6 is 11.6 Å². The van der Waals surface area contributed by atoms with Crippen molar-refractivity contribution < 1.29 is 13.7 Å². The summed E-state index contributed by atoms with van der Waals surface area (Å²) in [4.78, 5) is 15.5. The SMILES string of the molecule is Cc1onc(-c2c(F)cccc2Cl)c1C(=O)NCCCCCCN1CCC2(CCc3ccccc32)CC1. The van der Waals surface area contributed by atoms with Crippen LogP contribution in [-0.4, -0.2) is 42.1 Å². The second-order valence-electron chi connectivity index (χ2n) is 10.5. The van der Waals surface area contributed by atoms with E-state index in [1.807, 2.05) is 0 Å². The average molecular weight is 524 g/mol. The molecule has 1 fully saturated rings. The number of benzene rings is 2. The van der Waals surface area contributed by atoms with E-state index >= 15 is 0 Å². The van der Waals surface area contributed by atoms with Crippen molar-refractivity contribution in [1.82, 2.24) is 15.4 Å². The number of hydrogen-bond donors (Lipinski definition) is 1. The molecule has 1 saturated heterocycles. The minimum absolute atomic E-state index is 0.0898. The quantitative estimate of drug-likeness (QED) is 0.316. The maximum atomic E-state index is 14.4. The molecule has 1 amide bonds. The largest absolute Gasteiger partial charge is 0.360 e. The van der Waals surface area contributed by atoms with Crippen molar-refractivity contribution in [3.8, 4) is 11.3 Å². The van der Waals surface area contributed by atoms with Crippen molar-refractivity contribution in [3.05, 3.63) is 75.8 Å². The molecule has 0 atom stereocenters. The molecule has 0 radical (unpaired) electrons.